The van der Waals surface area contributed by atoms with Crippen LogP contribution in [0.15, 0.2) is 18.2 Å². The van der Waals surface area contributed by atoms with Gasteiger partial charge in [0.2, 0.25) is 11.8 Å². The fourth-order valence-corrected chi connectivity index (χ4v) is 3.17. The number of anilines is 1. The second-order valence-corrected chi connectivity index (χ2v) is 5.82. The van der Waals surface area contributed by atoms with Crippen LogP contribution in [0, 0.1) is 0 Å². The number of carbonyl (C=O) groups excluding carboxylic acids is 2. The Hall–Kier alpha value is -1.84. The summed E-state index contributed by atoms with van der Waals surface area (Å²) in [4.78, 5) is 25.3. The molecule has 4 heteroatoms. The Balaban J connectivity index is 1.65. The topological polar surface area (TPSA) is 49.4 Å². The maximum atomic E-state index is 12.0. The smallest absolute Gasteiger partial charge is 0.231 e. The van der Waals surface area contributed by atoms with E-state index in [1.807, 2.05) is 18.2 Å². The fraction of sp³-hybridized carbons (Fsp3) is 0.500. The molecule has 106 valence electrons. The number of amides is 2. The minimum Gasteiger partial charge on any atom is -0.353 e. The van der Waals surface area contributed by atoms with Crippen molar-refractivity contribution >= 4 is 17.5 Å². The lowest BCUT2D eigenvalue weighted by Gasteiger charge is -2.13. The molecular weight excluding hydrogens is 252 g/mol. The van der Waals surface area contributed by atoms with Gasteiger partial charge in [-0.3, -0.25) is 9.59 Å². The van der Waals surface area contributed by atoms with Crippen molar-refractivity contribution in [3.8, 4) is 0 Å². The second kappa shape index (κ2) is 5.27. The largest absolute Gasteiger partial charge is 0.353 e. The summed E-state index contributed by atoms with van der Waals surface area (Å²) in [7, 11) is 1.79. The van der Waals surface area contributed by atoms with Gasteiger partial charge < -0.3 is 10.2 Å². The van der Waals surface area contributed by atoms with E-state index in [0.717, 1.165) is 29.7 Å². The van der Waals surface area contributed by atoms with Gasteiger partial charge in [0.25, 0.3) is 0 Å². The summed E-state index contributed by atoms with van der Waals surface area (Å²) in [6.45, 7) is 0. The van der Waals surface area contributed by atoms with Gasteiger partial charge in [-0.2, -0.15) is 0 Å². The number of hydrogen-bond acceptors (Lipinski definition) is 2. The first-order chi connectivity index (χ1) is 9.63. The molecule has 1 aliphatic carbocycles. The minimum atomic E-state index is 0.0922. The molecule has 4 nitrogen and oxygen atoms in total. The van der Waals surface area contributed by atoms with Crippen LogP contribution in [-0.4, -0.2) is 24.9 Å². The molecule has 1 aromatic carbocycles. The highest BCUT2D eigenvalue weighted by Gasteiger charge is 2.24. The van der Waals surface area contributed by atoms with E-state index in [1.165, 1.54) is 12.8 Å². The zero-order chi connectivity index (χ0) is 14.1. The summed E-state index contributed by atoms with van der Waals surface area (Å²) >= 11 is 0. The third kappa shape index (κ3) is 2.55. The summed E-state index contributed by atoms with van der Waals surface area (Å²) in [6, 6.07) is 6.25. The molecule has 1 aromatic rings. The molecule has 1 aliphatic heterocycles. The van der Waals surface area contributed by atoms with Crippen LogP contribution in [0.1, 0.15) is 36.8 Å². The van der Waals surface area contributed by atoms with Crippen molar-refractivity contribution in [3.63, 3.8) is 0 Å². The average molecular weight is 272 g/mol. The molecule has 0 bridgehead atoms. The molecule has 0 spiro atoms. The quantitative estimate of drug-likeness (QED) is 0.912. The first kappa shape index (κ1) is 13.2. The number of hydrogen-bond donors (Lipinski definition) is 1. The van der Waals surface area contributed by atoms with Gasteiger partial charge in [-0.15, -0.1) is 0 Å². The van der Waals surface area contributed by atoms with E-state index >= 15 is 0 Å². The Morgan fingerprint density at radius 1 is 1.35 bits per heavy atom. The zero-order valence-corrected chi connectivity index (χ0v) is 11.8. The first-order valence-electron chi connectivity index (χ1n) is 7.31. The number of benzene rings is 1. The van der Waals surface area contributed by atoms with E-state index < -0.39 is 0 Å². The molecule has 0 radical (unpaired) electrons. The molecule has 1 saturated carbocycles. The van der Waals surface area contributed by atoms with Gasteiger partial charge in [-0.05, 0) is 30.0 Å². The lowest BCUT2D eigenvalue weighted by molar-refractivity contribution is -0.121. The Morgan fingerprint density at radius 2 is 2.10 bits per heavy atom. The van der Waals surface area contributed by atoms with Crippen molar-refractivity contribution < 1.29 is 9.59 Å². The molecule has 2 aliphatic rings. The highest BCUT2D eigenvalue weighted by Crippen LogP contribution is 2.28. The number of carbonyl (C=O) groups is 2. The number of nitrogens with one attached hydrogen (secondary N) is 1. The molecule has 0 saturated heterocycles. The number of fused-ring (bicyclic) bond motifs is 1. The van der Waals surface area contributed by atoms with Crippen molar-refractivity contribution in [2.45, 2.75) is 44.6 Å². The predicted molar refractivity (Wildman–Crippen MR) is 77.7 cm³/mol. The van der Waals surface area contributed by atoms with Crippen LogP contribution in [-0.2, 0) is 22.4 Å². The minimum absolute atomic E-state index is 0.0922. The Kier molecular flexibility index (Phi) is 3.47. The number of rotatable bonds is 3. The fourth-order valence-electron chi connectivity index (χ4n) is 3.17. The molecule has 3 rings (SSSR count). The molecule has 0 aromatic heterocycles. The molecule has 0 atom stereocenters. The summed E-state index contributed by atoms with van der Waals surface area (Å²) < 4.78 is 0. The highest BCUT2D eigenvalue weighted by molar-refractivity contribution is 6.01. The van der Waals surface area contributed by atoms with E-state index in [2.05, 4.69) is 5.32 Å². The second-order valence-electron chi connectivity index (χ2n) is 5.82. The summed E-state index contributed by atoms with van der Waals surface area (Å²) in [5.41, 5.74) is 2.99. The standard InChI is InChI=1S/C16H20N2O2/c1-18-14-7-6-11(8-12(14)10-16(18)20)9-15(19)17-13-4-2-3-5-13/h6-8,13H,2-5,9-10H2,1H3,(H,17,19). The normalized spacial score (nSPS) is 18.4. The lowest BCUT2D eigenvalue weighted by Crippen LogP contribution is -2.33. The van der Waals surface area contributed by atoms with E-state index in [0.29, 0.717) is 18.9 Å². The third-order valence-corrected chi connectivity index (χ3v) is 4.31. The maximum Gasteiger partial charge on any atom is 0.231 e. The van der Waals surface area contributed by atoms with Crippen LogP contribution in [0.4, 0.5) is 5.69 Å². The molecular formula is C16H20N2O2. The van der Waals surface area contributed by atoms with Crippen molar-refractivity contribution in [3.05, 3.63) is 29.3 Å². The van der Waals surface area contributed by atoms with Gasteiger partial charge in [0.05, 0.1) is 12.8 Å². The maximum absolute atomic E-state index is 12.0. The molecule has 20 heavy (non-hydrogen) atoms. The number of likely N-dealkylation sites (N-methyl/N-ethyl adjacent to an activating group) is 1. The van der Waals surface area contributed by atoms with Gasteiger partial charge in [-0.1, -0.05) is 25.0 Å². The summed E-state index contributed by atoms with van der Waals surface area (Å²) in [6.07, 6.45) is 5.51. The van der Waals surface area contributed by atoms with Crippen molar-refractivity contribution in [1.29, 1.82) is 0 Å². The molecule has 0 unspecified atom stereocenters. The Morgan fingerprint density at radius 3 is 2.85 bits per heavy atom. The van der Waals surface area contributed by atoms with Crippen molar-refractivity contribution in [2.75, 3.05) is 11.9 Å². The van der Waals surface area contributed by atoms with Crippen LogP contribution in [0.5, 0.6) is 0 Å². The summed E-state index contributed by atoms with van der Waals surface area (Å²) in [5, 5.41) is 3.10. The molecule has 1 N–H and O–H groups in total. The van der Waals surface area contributed by atoms with Gasteiger partial charge in [0.1, 0.15) is 0 Å². The zero-order valence-electron chi connectivity index (χ0n) is 11.8. The van der Waals surface area contributed by atoms with E-state index in [9.17, 15) is 9.59 Å². The third-order valence-electron chi connectivity index (χ3n) is 4.31. The van der Waals surface area contributed by atoms with Crippen LogP contribution in [0.3, 0.4) is 0 Å². The van der Waals surface area contributed by atoms with Crippen LogP contribution in [0.25, 0.3) is 0 Å². The first-order valence-corrected chi connectivity index (χ1v) is 7.31. The van der Waals surface area contributed by atoms with Crippen LogP contribution >= 0.6 is 0 Å². The van der Waals surface area contributed by atoms with Gasteiger partial charge >= 0.3 is 0 Å². The van der Waals surface area contributed by atoms with Gasteiger partial charge in [0.15, 0.2) is 0 Å². The molecule has 1 fully saturated rings. The Labute approximate surface area is 119 Å². The Bertz CT molecular complexity index is 547. The lowest BCUT2D eigenvalue weighted by atomic mass is 10.1. The van der Waals surface area contributed by atoms with E-state index in [4.69, 9.17) is 0 Å². The summed E-state index contributed by atoms with van der Waals surface area (Å²) in [5.74, 6) is 0.210. The average Bonchev–Trinajstić information content (AvgIpc) is 2.99. The van der Waals surface area contributed by atoms with Crippen molar-refractivity contribution in [2.24, 2.45) is 0 Å². The van der Waals surface area contributed by atoms with E-state index in [1.54, 1.807) is 11.9 Å². The SMILES string of the molecule is CN1C(=O)Cc2cc(CC(=O)NC3CCCC3)ccc21. The van der Waals surface area contributed by atoms with Gasteiger partial charge in [0, 0.05) is 18.8 Å². The molecule has 1 heterocycles. The van der Waals surface area contributed by atoms with Crippen molar-refractivity contribution in [1.82, 2.24) is 5.32 Å². The predicted octanol–water partition coefficient (Wildman–Crippen LogP) is 1.81. The van der Waals surface area contributed by atoms with Gasteiger partial charge in [-0.25, -0.2) is 0 Å². The highest BCUT2D eigenvalue weighted by atomic mass is 16.2. The van der Waals surface area contributed by atoms with Crippen LogP contribution < -0.4 is 10.2 Å². The monoisotopic (exact) mass is 272 g/mol. The van der Waals surface area contributed by atoms with Crippen LogP contribution in [0.2, 0.25) is 0 Å². The van der Waals surface area contributed by atoms with E-state index in [-0.39, 0.29) is 11.8 Å². The number of nitrogens with zero attached hydrogens (tertiary/aromatic N) is 1. The molecule has 2 amide bonds.